The Labute approximate surface area is 176 Å². The van der Waals surface area contributed by atoms with Crippen molar-refractivity contribution in [3.63, 3.8) is 0 Å². The number of carbonyl (C=O) groups excluding carboxylic acids is 1. The highest BCUT2D eigenvalue weighted by Gasteiger charge is 2.19. The number of hydrogen-bond donors (Lipinski definition) is 2. The monoisotopic (exact) mass is 489 g/mol. The van der Waals surface area contributed by atoms with Crippen LogP contribution in [-0.4, -0.2) is 64.3 Å². The summed E-state index contributed by atoms with van der Waals surface area (Å²) in [5.74, 6) is 1.41. The molecule has 2 N–H and O–H groups in total. The van der Waals surface area contributed by atoms with Gasteiger partial charge < -0.3 is 20.3 Å². The molecular weight excluding hydrogens is 461 g/mol. The number of pyridine rings is 1. The minimum absolute atomic E-state index is 0. The molecule has 2 aromatic heterocycles. The van der Waals surface area contributed by atoms with Crippen LogP contribution in [-0.2, 0) is 11.3 Å². The van der Waals surface area contributed by atoms with Crippen LogP contribution in [0.1, 0.15) is 26.6 Å². The summed E-state index contributed by atoms with van der Waals surface area (Å²) in [7, 11) is 3.39. The van der Waals surface area contributed by atoms with Crippen LogP contribution in [0.5, 0.6) is 0 Å². The van der Waals surface area contributed by atoms with Crippen molar-refractivity contribution in [3.8, 4) is 0 Å². The first-order valence-electron chi connectivity index (χ1n) is 8.47. The highest BCUT2D eigenvalue weighted by atomic mass is 127. The van der Waals surface area contributed by atoms with E-state index in [9.17, 15) is 4.79 Å². The predicted molar refractivity (Wildman–Crippen MR) is 115 cm³/mol. The number of ether oxygens (including phenoxy) is 1. The van der Waals surface area contributed by atoms with Crippen molar-refractivity contribution in [2.24, 2.45) is 4.99 Å². The third-order valence-electron chi connectivity index (χ3n) is 3.47. The number of likely N-dealkylation sites (N-methyl/N-ethyl adjacent to an activating group) is 1. The molecule has 10 heteroatoms. The van der Waals surface area contributed by atoms with Crippen LogP contribution in [0.2, 0.25) is 0 Å². The summed E-state index contributed by atoms with van der Waals surface area (Å²) < 4.78 is 7.23. The first-order valence-corrected chi connectivity index (χ1v) is 8.47. The maximum absolute atomic E-state index is 11.9. The Hall–Kier alpha value is -2.11. The summed E-state index contributed by atoms with van der Waals surface area (Å²) in [6, 6.07) is 5.75. The number of carbonyl (C=O) groups is 1. The van der Waals surface area contributed by atoms with E-state index in [1.807, 2.05) is 49.6 Å². The van der Waals surface area contributed by atoms with E-state index in [-0.39, 0.29) is 30.1 Å². The van der Waals surface area contributed by atoms with Gasteiger partial charge in [-0.05, 0) is 32.9 Å². The van der Waals surface area contributed by atoms with Gasteiger partial charge in [0.15, 0.2) is 17.4 Å². The van der Waals surface area contributed by atoms with Crippen molar-refractivity contribution in [2.45, 2.75) is 32.9 Å². The van der Waals surface area contributed by atoms with Crippen LogP contribution in [0.3, 0.4) is 0 Å². The lowest BCUT2D eigenvalue weighted by Crippen LogP contribution is -2.43. The summed E-state index contributed by atoms with van der Waals surface area (Å²) in [6.45, 7) is 7.04. The second-order valence-corrected chi connectivity index (χ2v) is 6.80. The molecule has 9 nitrogen and oxygen atoms in total. The molecule has 0 bridgehead atoms. The molecule has 0 aliphatic carbocycles. The van der Waals surface area contributed by atoms with E-state index in [1.54, 1.807) is 14.1 Å². The second-order valence-electron chi connectivity index (χ2n) is 6.80. The molecule has 0 aliphatic heterocycles. The highest BCUT2D eigenvalue weighted by molar-refractivity contribution is 14.0. The van der Waals surface area contributed by atoms with Gasteiger partial charge in [-0.1, -0.05) is 6.07 Å². The van der Waals surface area contributed by atoms with E-state index >= 15 is 0 Å². The van der Waals surface area contributed by atoms with Gasteiger partial charge in [0.05, 0.1) is 6.54 Å². The van der Waals surface area contributed by atoms with Gasteiger partial charge in [-0.2, -0.15) is 0 Å². The van der Waals surface area contributed by atoms with Crippen molar-refractivity contribution in [1.29, 1.82) is 0 Å². The number of nitrogens with one attached hydrogen (secondary N) is 2. The minimum atomic E-state index is -0.503. The lowest BCUT2D eigenvalue weighted by atomic mass is 10.2. The first kappa shape index (κ1) is 22.9. The largest absolute Gasteiger partial charge is 0.444 e. The molecule has 0 saturated heterocycles. The average Bonchev–Trinajstić information content (AvgIpc) is 2.99. The quantitative estimate of drug-likeness (QED) is 0.379. The Kier molecular flexibility index (Phi) is 8.73. The van der Waals surface area contributed by atoms with Crippen LogP contribution < -0.4 is 10.6 Å². The molecule has 0 spiro atoms. The molecule has 0 atom stereocenters. The number of rotatable bonds is 5. The lowest BCUT2D eigenvalue weighted by molar-refractivity contribution is 0.0302. The predicted octanol–water partition coefficient (Wildman–Crippen LogP) is 1.88. The Balaban J connectivity index is 0.00000364. The van der Waals surface area contributed by atoms with Crippen molar-refractivity contribution < 1.29 is 9.53 Å². The molecule has 0 aliphatic rings. The zero-order valence-electron chi connectivity index (χ0n) is 16.4. The van der Waals surface area contributed by atoms with Gasteiger partial charge >= 0.3 is 6.09 Å². The molecule has 150 valence electrons. The summed E-state index contributed by atoms with van der Waals surface area (Å²) in [4.78, 5) is 17.6. The maximum Gasteiger partial charge on any atom is 0.410 e. The van der Waals surface area contributed by atoms with Crippen LogP contribution in [0.15, 0.2) is 29.4 Å². The number of nitrogens with zero attached hydrogens (tertiary/aromatic N) is 5. The molecule has 0 radical (unpaired) electrons. The van der Waals surface area contributed by atoms with Gasteiger partial charge in [-0.15, -0.1) is 34.2 Å². The van der Waals surface area contributed by atoms with Gasteiger partial charge in [0.25, 0.3) is 0 Å². The molecular formula is C17H28IN7O2. The SMILES string of the molecule is CN=C(NCCN(C)C(=O)OC(C)(C)C)NCc1nnc2ccccn12.I. The number of hydrogen-bond acceptors (Lipinski definition) is 5. The Morgan fingerprint density at radius 3 is 2.70 bits per heavy atom. The van der Waals surface area contributed by atoms with Crippen molar-refractivity contribution in [3.05, 3.63) is 30.2 Å². The van der Waals surface area contributed by atoms with E-state index in [0.717, 1.165) is 11.5 Å². The van der Waals surface area contributed by atoms with Gasteiger partial charge in [-0.3, -0.25) is 9.39 Å². The van der Waals surface area contributed by atoms with Crippen LogP contribution in [0.25, 0.3) is 5.65 Å². The summed E-state index contributed by atoms with van der Waals surface area (Å²) >= 11 is 0. The number of aliphatic imine (C=N–C) groups is 1. The Morgan fingerprint density at radius 1 is 1.30 bits per heavy atom. The molecule has 27 heavy (non-hydrogen) atoms. The summed E-state index contributed by atoms with van der Waals surface area (Å²) in [5.41, 5.74) is 0.295. The molecule has 0 unspecified atom stereocenters. The van der Waals surface area contributed by atoms with Gasteiger partial charge in [0, 0.05) is 33.4 Å². The van der Waals surface area contributed by atoms with E-state index in [1.165, 1.54) is 4.90 Å². The second kappa shape index (κ2) is 10.3. The minimum Gasteiger partial charge on any atom is -0.444 e. The van der Waals surface area contributed by atoms with Crippen molar-refractivity contribution >= 4 is 41.7 Å². The molecule has 2 aromatic rings. The maximum atomic E-state index is 11.9. The molecule has 0 saturated carbocycles. The molecule has 0 aromatic carbocycles. The Morgan fingerprint density at radius 2 is 2.04 bits per heavy atom. The normalized spacial score (nSPS) is 11.7. The molecule has 2 rings (SSSR count). The topological polar surface area (TPSA) is 96.2 Å². The third-order valence-corrected chi connectivity index (χ3v) is 3.47. The van der Waals surface area contributed by atoms with Gasteiger partial charge in [0.1, 0.15) is 5.60 Å². The summed E-state index contributed by atoms with van der Waals surface area (Å²) in [5, 5.41) is 14.6. The van der Waals surface area contributed by atoms with E-state index < -0.39 is 5.60 Å². The zero-order chi connectivity index (χ0) is 19.2. The number of fused-ring (bicyclic) bond motifs is 1. The number of amides is 1. The van der Waals surface area contributed by atoms with E-state index in [2.05, 4.69) is 25.8 Å². The summed E-state index contributed by atoms with van der Waals surface area (Å²) in [6.07, 6.45) is 1.57. The molecule has 0 fully saturated rings. The average molecular weight is 489 g/mol. The number of guanidine groups is 1. The fourth-order valence-corrected chi connectivity index (χ4v) is 2.17. The van der Waals surface area contributed by atoms with Crippen LogP contribution in [0, 0.1) is 0 Å². The van der Waals surface area contributed by atoms with Gasteiger partial charge in [-0.25, -0.2) is 4.79 Å². The van der Waals surface area contributed by atoms with Crippen LogP contribution in [0.4, 0.5) is 4.79 Å². The van der Waals surface area contributed by atoms with Crippen LogP contribution >= 0.6 is 24.0 Å². The van der Waals surface area contributed by atoms with Crippen molar-refractivity contribution in [1.82, 2.24) is 30.1 Å². The Bertz CT molecular complexity index is 770. The number of aromatic nitrogens is 3. The lowest BCUT2D eigenvalue weighted by Gasteiger charge is -2.24. The van der Waals surface area contributed by atoms with Gasteiger partial charge in [0.2, 0.25) is 0 Å². The standard InChI is InChI=1S/C17H27N7O2.HI/c1-17(2,3)26-16(25)23(5)11-9-19-15(18-4)20-12-14-22-21-13-8-6-7-10-24(13)14;/h6-8,10H,9,11-12H2,1-5H3,(H2,18,19,20);1H. The van der Waals surface area contributed by atoms with E-state index in [0.29, 0.717) is 25.6 Å². The fraction of sp³-hybridized carbons (Fsp3) is 0.529. The fourth-order valence-electron chi connectivity index (χ4n) is 2.17. The third kappa shape index (κ3) is 7.19. The molecule has 2 heterocycles. The van der Waals surface area contributed by atoms with E-state index in [4.69, 9.17) is 4.74 Å². The highest BCUT2D eigenvalue weighted by Crippen LogP contribution is 2.08. The smallest absolute Gasteiger partial charge is 0.410 e. The van der Waals surface area contributed by atoms with Crippen molar-refractivity contribution in [2.75, 3.05) is 27.2 Å². The zero-order valence-corrected chi connectivity index (χ0v) is 18.7. The number of halogens is 1. The first-order chi connectivity index (χ1) is 12.3. The molecule has 1 amide bonds.